The van der Waals surface area contributed by atoms with Gasteiger partial charge in [0.05, 0.1) is 3.79 Å². The van der Waals surface area contributed by atoms with Gasteiger partial charge in [-0.1, -0.05) is 0 Å². The van der Waals surface area contributed by atoms with Crippen molar-refractivity contribution in [1.82, 2.24) is 15.5 Å². The molecule has 0 amide bonds. The number of thiophene rings is 1. The predicted molar refractivity (Wildman–Crippen MR) is 82.2 cm³/mol. The Morgan fingerprint density at radius 1 is 1.44 bits per heavy atom. The second-order valence-corrected chi connectivity index (χ2v) is 7.35. The van der Waals surface area contributed by atoms with E-state index in [0.717, 1.165) is 26.2 Å². The van der Waals surface area contributed by atoms with Gasteiger partial charge in [0, 0.05) is 43.6 Å². The van der Waals surface area contributed by atoms with Crippen LogP contribution < -0.4 is 10.6 Å². The number of nitrogens with one attached hydrogen (secondary N) is 2. The molecule has 2 N–H and O–H groups in total. The Labute approximate surface area is 122 Å². The van der Waals surface area contributed by atoms with Crippen LogP contribution >= 0.6 is 27.3 Å². The van der Waals surface area contributed by atoms with Crippen molar-refractivity contribution >= 4 is 27.3 Å². The molecule has 0 aliphatic carbocycles. The van der Waals surface area contributed by atoms with E-state index in [9.17, 15) is 0 Å². The first kappa shape index (κ1) is 14.5. The van der Waals surface area contributed by atoms with Gasteiger partial charge in [0.2, 0.25) is 0 Å². The molecule has 5 heteroatoms. The van der Waals surface area contributed by atoms with Gasteiger partial charge in [-0.25, -0.2) is 0 Å². The van der Waals surface area contributed by atoms with Crippen molar-refractivity contribution in [3.8, 4) is 0 Å². The van der Waals surface area contributed by atoms with Crippen LogP contribution in [0.3, 0.4) is 0 Å². The van der Waals surface area contributed by atoms with E-state index in [1.807, 2.05) is 11.3 Å². The molecular weight excluding hydrogens is 310 g/mol. The van der Waals surface area contributed by atoms with Gasteiger partial charge >= 0.3 is 0 Å². The average Bonchev–Trinajstić information content (AvgIpc) is 2.81. The fourth-order valence-electron chi connectivity index (χ4n) is 2.27. The average molecular weight is 332 g/mol. The van der Waals surface area contributed by atoms with E-state index >= 15 is 0 Å². The van der Waals surface area contributed by atoms with Crippen LogP contribution in [0, 0.1) is 0 Å². The van der Waals surface area contributed by atoms with Crippen LogP contribution in [0.5, 0.6) is 0 Å². The standard InChI is InChI=1S/C13H22BrN3S/c1-11(17-8-6-15-7-9-17)4-5-16-10-12-2-3-13(14)18-12/h2-3,11,15-16H,4-10H2,1H3. The van der Waals surface area contributed by atoms with Gasteiger partial charge in [-0.2, -0.15) is 0 Å². The van der Waals surface area contributed by atoms with Crippen molar-refractivity contribution in [2.45, 2.75) is 25.9 Å². The SMILES string of the molecule is CC(CCNCc1ccc(Br)s1)N1CCNCC1. The van der Waals surface area contributed by atoms with Crippen molar-refractivity contribution in [3.63, 3.8) is 0 Å². The van der Waals surface area contributed by atoms with Gasteiger partial charge in [-0.15, -0.1) is 11.3 Å². The second-order valence-electron chi connectivity index (χ2n) is 4.81. The fraction of sp³-hybridized carbons (Fsp3) is 0.692. The van der Waals surface area contributed by atoms with E-state index in [4.69, 9.17) is 0 Å². The molecule has 2 heterocycles. The quantitative estimate of drug-likeness (QED) is 0.783. The van der Waals surface area contributed by atoms with Crippen LogP contribution in [-0.4, -0.2) is 43.7 Å². The normalized spacial score (nSPS) is 19.0. The minimum absolute atomic E-state index is 0.690. The highest BCUT2D eigenvalue weighted by atomic mass is 79.9. The molecule has 1 atom stereocenters. The van der Waals surface area contributed by atoms with Crippen LogP contribution in [0.25, 0.3) is 0 Å². The van der Waals surface area contributed by atoms with Crippen LogP contribution in [0.1, 0.15) is 18.2 Å². The molecule has 18 heavy (non-hydrogen) atoms. The summed E-state index contributed by atoms with van der Waals surface area (Å²) in [5.41, 5.74) is 0. The summed E-state index contributed by atoms with van der Waals surface area (Å²) in [5, 5.41) is 6.93. The highest BCUT2D eigenvalue weighted by Crippen LogP contribution is 2.21. The Morgan fingerprint density at radius 2 is 2.22 bits per heavy atom. The third-order valence-electron chi connectivity index (χ3n) is 3.44. The minimum Gasteiger partial charge on any atom is -0.314 e. The Morgan fingerprint density at radius 3 is 2.89 bits per heavy atom. The summed E-state index contributed by atoms with van der Waals surface area (Å²) in [5.74, 6) is 0. The van der Waals surface area contributed by atoms with Crippen molar-refractivity contribution < 1.29 is 0 Å². The number of piperazine rings is 1. The van der Waals surface area contributed by atoms with Gasteiger partial charge in [0.15, 0.2) is 0 Å². The highest BCUT2D eigenvalue weighted by Gasteiger charge is 2.15. The number of hydrogen-bond donors (Lipinski definition) is 2. The fourth-order valence-corrected chi connectivity index (χ4v) is 3.73. The molecule has 1 saturated heterocycles. The van der Waals surface area contributed by atoms with Crippen LogP contribution in [0.4, 0.5) is 0 Å². The maximum atomic E-state index is 3.53. The summed E-state index contributed by atoms with van der Waals surface area (Å²) in [6.45, 7) is 9.10. The molecule has 0 bridgehead atoms. The van der Waals surface area contributed by atoms with E-state index in [-0.39, 0.29) is 0 Å². The molecule has 1 aliphatic heterocycles. The lowest BCUT2D eigenvalue weighted by atomic mass is 10.2. The molecule has 1 unspecified atom stereocenters. The Balaban J connectivity index is 1.59. The highest BCUT2D eigenvalue weighted by molar-refractivity contribution is 9.11. The summed E-state index contributed by atoms with van der Waals surface area (Å²) in [4.78, 5) is 3.98. The summed E-state index contributed by atoms with van der Waals surface area (Å²) in [6.07, 6.45) is 1.23. The minimum atomic E-state index is 0.690. The maximum Gasteiger partial charge on any atom is 0.0701 e. The molecule has 1 aliphatic rings. The van der Waals surface area contributed by atoms with E-state index in [0.29, 0.717) is 6.04 Å². The molecule has 0 radical (unpaired) electrons. The zero-order valence-corrected chi connectivity index (χ0v) is 13.3. The molecule has 0 spiro atoms. The lowest BCUT2D eigenvalue weighted by Crippen LogP contribution is -2.48. The van der Waals surface area contributed by atoms with Crippen molar-refractivity contribution in [1.29, 1.82) is 0 Å². The maximum absolute atomic E-state index is 3.53. The Kier molecular flexibility index (Phi) is 6.11. The molecule has 0 saturated carbocycles. The first-order valence-corrected chi connectivity index (χ1v) is 8.26. The second kappa shape index (κ2) is 7.60. The molecule has 1 fully saturated rings. The number of halogens is 1. The van der Waals surface area contributed by atoms with E-state index in [2.05, 4.69) is 50.5 Å². The van der Waals surface area contributed by atoms with Crippen LogP contribution in [0.2, 0.25) is 0 Å². The largest absolute Gasteiger partial charge is 0.314 e. The molecule has 1 aromatic rings. The molecule has 102 valence electrons. The summed E-state index contributed by atoms with van der Waals surface area (Å²) in [6, 6.07) is 4.99. The third-order valence-corrected chi connectivity index (χ3v) is 5.07. The van der Waals surface area contributed by atoms with Gasteiger partial charge in [0.25, 0.3) is 0 Å². The Hall–Kier alpha value is 0.0600. The van der Waals surface area contributed by atoms with Crippen LogP contribution in [0.15, 0.2) is 15.9 Å². The number of nitrogens with zero attached hydrogens (tertiary/aromatic N) is 1. The summed E-state index contributed by atoms with van der Waals surface area (Å²) < 4.78 is 1.22. The summed E-state index contributed by atoms with van der Waals surface area (Å²) >= 11 is 5.30. The van der Waals surface area contributed by atoms with Gasteiger partial charge < -0.3 is 10.6 Å². The lowest BCUT2D eigenvalue weighted by molar-refractivity contribution is 0.176. The van der Waals surface area contributed by atoms with E-state index < -0.39 is 0 Å². The predicted octanol–water partition coefficient (Wildman–Crippen LogP) is 2.28. The first-order valence-electron chi connectivity index (χ1n) is 6.65. The lowest BCUT2D eigenvalue weighted by Gasteiger charge is -2.32. The molecular formula is C13H22BrN3S. The van der Waals surface area contributed by atoms with Gasteiger partial charge in [0.1, 0.15) is 0 Å². The van der Waals surface area contributed by atoms with Crippen LogP contribution in [-0.2, 0) is 6.54 Å². The number of rotatable bonds is 6. The Bertz CT molecular complexity index is 350. The topological polar surface area (TPSA) is 27.3 Å². The van der Waals surface area contributed by atoms with Crippen molar-refractivity contribution in [2.75, 3.05) is 32.7 Å². The van der Waals surface area contributed by atoms with Crippen molar-refractivity contribution in [2.24, 2.45) is 0 Å². The third kappa shape index (κ3) is 4.63. The number of hydrogen-bond acceptors (Lipinski definition) is 4. The molecule has 0 aromatic carbocycles. The monoisotopic (exact) mass is 331 g/mol. The zero-order chi connectivity index (χ0) is 12.8. The molecule has 3 nitrogen and oxygen atoms in total. The molecule has 2 rings (SSSR count). The van der Waals surface area contributed by atoms with E-state index in [1.54, 1.807) is 0 Å². The molecule has 1 aromatic heterocycles. The van der Waals surface area contributed by atoms with Gasteiger partial charge in [-0.3, -0.25) is 4.90 Å². The van der Waals surface area contributed by atoms with Gasteiger partial charge in [-0.05, 0) is 48.0 Å². The van der Waals surface area contributed by atoms with Crippen molar-refractivity contribution in [3.05, 3.63) is 20.8 Å². The van der Waals surface area contributed by atoms with E-state index in [1.165, 1.54) is 28.2 Å². The first-order chi connectivity index (χ1) is 8.75. The summed E-state index contributed by atoms with van der Waals surface area (Å²) in [7, 11) is 0. The zero-order valence-electron chi connectivity index (χ0n) is 10.9. The smallest absolute Gasteiger partial charge is 0.0701 e.